The maximum absolute atomic E-state index is 11.2. The van der Waals surface area contributed by atoms with Gasteiger partial charge in [-0.05, 0) is 50.1 Å². The average molecular weight is 295 g/mol. The van der Waals surface area contributed by atoms with Gasteiger partial charge >= 0.3 is 5.97 Å². The molecule has 1 unspecified atom stereocenters. The van der Waals surface area contributed by atoms with Crippen molar-refractivity contribution in [1.82, 2.24) is 0 Å². The molecule has 0 radical (unpaired) electrons. The van der Waals surface area contributed by atoms with Crippen LogP contribution < -0.4 is 5.73 Å². The van der Waals surface area contributed by atoms with E-state index in [-0.39, 0.29) is 12.0 Å². The summed E-state index contributed by atoms with van der Waals surface area (Å²) in [5, 5.41) is 0. The fourth-order valence-corrected chi connectivity index (χ4v) is 2.84. The van der Waals surface area contributed by atoms with Crippen molar-refractivity contribution < 1.29 is 9.53 Å². The number of hydrogen-bond acceptors (Lipinski definition) is 4. The van der Waals surface area contributed by atoms with Gasteiger partial charge in [0.2, 0.25) is 0 Å². The van der Waals surface area contributed by atoms with Crippen LogP contribution in [0.1, 0.15) is 51.1 Å². The Morgan fingerprint density at radius 3 is 2.85 bits per heavy atom. The van der Waals surface area contributed by atoms with E-state index >= 15 is 0 Å². The van der Waals surface area contributed by atoms with Crippen molar-refractivity contribution in [3.63, 3.8) is 0 Å². The molecule has 112 valence electrons. The molecule has 0 saturated heterocycles. The zero-order valence-electron chi connectivity index (χ0n) is 12.4. The molecule has 0 aromatic heterocycles. The lowest BCUT2D eigenvalue weighted by Gasteiger charge is -2.08. The zero-order chi connectivity index (χ0) is 14.8. The molecule has 3 nitrogen and oxygen atoms in total. The van der Waals surface area contributed by atoms with Crippen molar-refractivity contribution in [3.05, 3.63) is 29.8 Å². The van der Waals surface area contributed by atoms with Gasteiger partial charge in [-0.3, -0.25) is 4.79 Å². The van der Waals surface area contributed by atoms with Crippen molar-refractivity contribution >= 4 is 17.7 Å². The molecule has 0 amide bonds. The molecule has 20 heavy (non-hydrogen) atoms. The third kappa shape index (κ3) is 6.96. The Labute approximate surface area is 126 Å². The normalized spacial score (nSPS) is 12.2. The lowest BCUT2D eigenvalue weighted by atomic mass is 10.1. The van der Waals surface area contributed by atoms with Gasteiger partial charge in [-0.15, -0.1) is 11.8 Å². The first kappa shape index (κ1) is 17.1. The van der Waals surface area contributed by atoms with Gasteiger partial charge in [-0.1, -0.05) is 18.6 Å². The Balaban J connectivity index is 2.15. The van der Waals surface area contributed by atoms with Crippen molar-refractivity contribution in [2.24, 2.45) is 5.73 Å². The van der Waals surface area contributed by atoms with Gasteiger partial charge in [0, 0.05) is 17.4 Å². The van der Waals surface area contributed by atoms with Gasteiger partial charge < -0.3 is 10.5 Å². The second-order valence-corrected chi connectivity index (χ2v) is 5.99. The van der Waals surface area contributed by atoms with E-state index in [2.05, 4.69) is 24.3 Å². The highest BCUT2D eigenvalue weighted by molar-refractivity contribution is 7.99. The maximum atomic E-state index is 11.2. The molecule has 1 aromatic carbocycles. The lowest BCUT2D eigenvalue weighted by Crippen LogP contribution is -2.04. The summed E-state index contributed by atoms with van der Waals surface area (Å²) < 4.78 is 4.90. The summed E-state index contributed by atoms with van der Waals surface area (Å²) in [4.78, 5) is 12.4. The number of carbonyl (C=O) groups is 1. The van der Waals surface area contributed by atoms with E-state index in [1.165, 1.54) is 10.5 Å². The minimum atomic E-state index is -0.0789. The number of hydrogen-bond donors (Lipinski definition) is 1. The molecule has 1 aromatic rings. The molecule has 0 aliphatic carbocycles. The number of thioether (sulfide) groups is 1. The number of esters is 1. The van der Waals surface area contributed by atoms with Gasteiger partial charge in [-0.25, -0.2) is 0 Å². The highest BCUT2D eigenvalue weighted by Gasteiger charge is 2.02. The summed E-state index contributed by atoms with van der Waals surface area (Å²) in [5.74, 6) is 0.996. The van der Waals surface area contributed by atoms with Gasteiger partial charge in [0.15, 0.2) is 0 Å². The molecule has 1 rings (SSSR count). The first-order chi connectivity index (χ1) is 9.63. The molecule has 1 atom stereocenters. The molecule has 4 heteroatoms. The third-order valence-electron chi connectivity index (χ3n) is 2.98. The van der Waals surface area contributed by atoms with Crippen LogP contribution in [0.25, 0.3) is 0 Å². The molecule has 0 aliphatic rings. The number of nitrogens with two attached hydrogens (primary N) is 1. The minimum Gasteiger partial charge on any atom is -0.466 e. The van der Waals surface area contributed by atoms with Crippen molar-refractivity contribution in [3.8, 4) is 0 Å². The number of rotatable bonds is 9. The Bertz CT molecular complexity index is 407. The summed E-state index contributed by atoms with van der Waals surface area (Å²) in [7, 11) is 0. The minimum absolute atomic E-state index is 0.0789. The quantitative estimate of drug-likeness (QED) is 0.426. The molecule has 0 bridgehead atoms. The van der Waals surface area contributed by atoms with Gasteiger partial charge in [0.05, 0.1) is 6.61 Å². The second-order valence-electron chi connectivity index (χ2n) is 4.83. The Morgan fingerprint density at radius 1 is 1.35 bits per heavy atom. The predicted octanol–water partition coefficient (Wildman–Crippen LogP) is 3.92. The van der Waals surface area contributed by atoms with E-state index in [4.69, 9.17) is 10.5 Å². The van der Waals surface area contributed by atoms with Crippen LogP contribution in [0.5, 0.6) is 0 Å². The van der Waals surface area contributed by atoms with E-state index in [0.29, 0.717) is 13.0 Å². The van der Waals surface area contributed by atoms with Crippen LogP contribution in [0.3, 0.4) is 0 Å². The lowest BCUT2D eigenvalue weighted by molar-refractivity contribution is -0.143. The fraction of sp³-hybridized carbons (Fsp3) is 0.562. The predicted molar refractivity (Wildman–Crippen MR) is 84.9 cm³/mol. The summed E-state index contributed by atoms with van der Waals surface area (Å²) in [6.07, 6.45) is 3.64. The molecule has 0 saturated carbocycles. The van der Waals surface area contributed by atoms with Crippen LogP contribution in [0.2, 0.25) is 0 Å². The Hall–Kier alpha value is -1.00. The molecule has 0 fully saturated rings. The molecular formula is C16H25NO2S. The van der Waals surface area contributed by atoms with Gasteiger partial charge in [0.25, 0.3) is 0 Å². The SMILES string of the molecule is CCOC(=O)CCCCCSc1cccc(C(C)N)c1. The van der Waals surface area contributed by atoms with Crippen LogP contribution >= 0.6 is 11.8 Å². The second kappa shape index (κ2) is 9.83. The Morgan fingerprint density at radius 2 is 2.15 bits per heavy atom. The first-order valence-electron chi connectivity index (χ1n) is 7.27. The van der Waals surface area contributed by atoms with Crippen molar-refractivity contribution in [2.75, 3.05) is 12.4 Å². The number of ether oxygens (including phenoxy) is 1. The van der Waals surface area contributed by atoms with Gasteiger partial charge in [0.1, 0.15) is 0 Å². The summed E-state index contributed by atoms with van der Waals surface area (Å²) >= 11 is 1.85. The highest BCUT2D eigenvalue weighted by Crippen LogP contribution is 2.22. The maximum Gasteiger partial charge on any atom is 0.305 e. The fourth-order valence-electron chi connectivity index (χ4n) is 1.86. The number of carbonyl (C=O) groups excluding carboxylic acids is 1. The first-order valence-corrected chi connectivity index (χ1v) is 8.26. The molecule has 2 N–H and O–H groups in total. The monoisotopic (exact) mass is 295 g/mol. The smallest absolute Gasteiger partial charge is 0.305 e. The topological polar surface area (TPSA) is 52.3 Å². The summed E-state index contributed by atoms with van der Waals surface area (Å²) in [5.41, 5.74) is 7.05. The van der Waals surface area contributed by atoms with Gasteiger partial charge in [-0.2, -0.15) is 0 Å². The molecule has 0 heterocycles. The molecule has 0 aliphatic heterocycles. The van der Waals surface area contributed by atoms with Crippen molar-refractivity contribution in [2.45, 2.75) is 50.5 Å². The van der Waals surface area contributed by atoms with Crippen molar-refractivity contribution in [1.29, 1.82) is 0 Å². The number of unbranched alkanes of at least 4 members (excludes halogenated alkanes) is 2. The van der Waals surface area contributed by atoms with Crippen LogP contribution in [-0.4, -0.2) is 18.3 Å². The largest absolute Gasteiger partial charge is 0.466 e. The van der Waals surface area contributed by atoms with E-state index < -0.39 is 0 Å². The van der Waals surface area contributed by atoms with Crippen LogP contribution in [-0.2, 0) is 9.53 Å². The summed E-state index contributed by atoms with van der Waals surface area (Å²) in [6.45, 7) is 4.31. The van der Waals surface area contributed by atoms with Crippen LogP contribution in [0.4, 0.5) is 0 Å². The Kier molecular flexibility index (Phi) is 8.38. The molecule has 0 spiro atoms. The summed E-state index contributed by atoms with van der Waals surface area (Å²) in [6, 6.07) is 8.49. The standard InChI is InChI=1S/C16H25NO2S/c1-3-19-16(18)10-5-4-6-11-20-15-9-7-8-14(12-15)13(2)17/h7-9,12-13H,3-6,10-11,17H2,1-2H3. The highest BCUT2D eigenvalue weighted by atomic mass is 32.2. The zero-order valence-corrected chi connectivity index (χ0v) is 13.2. The van der Waals surface area contributed by atoms with Crippen LogP contribution in [0.15, 0.2) is 29.2 Å². The van der Waals surface area contributed by atoms with E-state index in [9.17, 15) is 4.79 Å². The van der Waals surface area contributed by atoms with E-state index in [1.54, 1.807) is 0 Å². The van der Waals surface area contributed by atoms with E-state index in [0.717, 1.165) is 25.0 Å². The van der Waals surface area contributed by atoms with Crippen LogP contribution in [0, 0.1) is 0 Å². The average Bonchev–Trinajstić information content (AvgIpc) is 2.43. The van der Waals surface area contributed by atoms with E-state index in [1.807, 2.05) is 25.6 Å². The third-order valence-corrected chi connectivity index (χ3v) is 4.06. The number of benzene rings is 1. The molecular weight excluding hydrogens is 270 g/mol.